The maximum Gasteiger partial charge on any atom is 0.230 e. The molecule has 0 spiro atoms. The number of amides is 1. The molecule has 2 aromatic rings. The molecule has 3 rings (SSSR count). The van der Waals surface area contributed by atoms with Crippen molar-refractivity contribution in [3.05, 3.63) is 29.6 Å². The second kappa shape index (κ2) is 5.85. The molecule has 0 unspecified atom stereocenters. The number of carbonyl (C=O) groups excluding carboxylic acids is 1. The predicted octanol–water partition coefficient (Wildman–Crippen LogP) is 1.65. The van der Waals surface area contributed by atoms with Crippen LogP contribution in [0.3, 0.4) is 0 Å². The number of carbonyl (C=O) groups is 1. The van der Waals surface area contributed by atoms with Crippen molar-refractivity contribution in [1.29, 1.82) is 0 Å². The van der Waals surface area contributed by atoms with Gasteiger partial charge in [-0.05, 0) is 44.9 Å². The number of nitrogens with zero attached hydrogens (tertiary/aromatic N) is 4. The minimum Gasteiger partial charge on any atom is -0.353 e. The van der Waals surface area contributed by atoms with Gasteiger partial charge < -0.3 is 5.32 Å². The van der Waals surface area contributed by atoms with Gasteiger partial charge in [0.1, 0.15) is 5.03 Å². The van der Waals surface area contributed by atoms with Crippen molar-refractivity contribution in [2.45, 2.75) is 37.8 Å². The Bertz CT molecular complexity index is 648. The van der Waals surface area contributed by atoms with E-state index >= 15 is 0 Å². The molecule has 1 N–H and O–H groups in total. The molecule has 1 aliphatic rings. The highest BCUT2D eigenvalue weighted by Gasteiger charge is 2.23. The zero-order valence-electron chi connectivity index (χ0n) is 12.0. The van der Waals surface area contributed by atoms with Crippen LogP contribution >= 0.6 is 11.8 Å². The smallest absolute Gasteiger partial charge is 0.230 e. The fraction of sp³-hybridized carbons (Fsp3) is 0.429. The topological polar surface area (TPSA) is 72.7 Å². The third-order valence-electron chi connectivity index (χ3n) is 3.15. The highest BCUT2D eigenvalue weighted by atomic mass is 32.2. The Morgan fingerprint density at radius 1 is 1.38 bits per heavy atom. The summed E-state index contributed by atoms with van der Waals surface area (Å²) < 4.78 is 1.76. The summed E-state index contributed by atoms with van der Waals surface area (Å²) in [6, 6.07) is 6.13. The summed E-state index contributed by atoms with van der Waals surface area (Å²) in [6.45, 7) is 3.92. The van der Waals surface area contributed by atoms with Gasteiger partial charge in [-0.1, -0.05) is 11.8 Å². The van der Waals surface area contributed by atoms with Crippen LogP contribution in [0.25, 0.3) is 5.82 Å². The monoisotopic (exact) mass is 303 g/mol. The van der Waals surface area contributed by atoms with Crippen LogP contribution in [-0.2, 0) is 4.79 Å². The highest BCUT2D eigenvalue weighted by molar-refractivity contribution is 7.99. The van der Waals surface area contributed by atoms with Crippen LogP contribution < -0.4 is 5.32 Å². The van der Waals surface area contributed by atoms with Crippen LogP contribution in [0, 0.1) is 13.8 Å². The number of aromatic nitrogens is 4. The van der Waals surface area contributed by atoms with Crippen LogP contribution in [0.4, 0.5) is 0 Å². The molecule has 0 aliphatic heterocycles. The number of rotatable bonds is 5. The van der Waals surface area contributed by atoms with E-state index in [1.165, 1.54) is 11.8 Å². The van der Waals surface area contributed by atoms with Crippen LogP contribution in [0.15, 0.2) is 23.2 Å². The lowest BCUT2D eigenvalue weighted by atomic mass is 10.4. The summed E-state index contributed by atoms with van der Waals surface area (Å²) in [7, 11) is 0. The Hall–Kier alpha value is -1.89. The van der Waals surface area contributed by atoms with E-state index in [-0.39, 0.29) is 5.91 Å². The van der Waals surface area contributed by atoms with Crippen LogP contribution in [-0.4, -0.2) is 37.7 Å². The van der Waals surface area contributed by atoms with Gasteiger partial charge in [0, 0.05) is 11.7 Å². The SMILES string of the molecule is Cc1cc(C)n(-c2ccc(SCC(=O)NC3CC3)nn2)n1. The Morgan fingerprint density at radius 2 is 2.19 bits per heavy atom. The molecule has 0 saturated heterocycles. The Morgan fingerprint density at radius 3 is 2.76 bits per heavy atom. The number of aryl methyl sites for hydroxylation is 2. The first-order valence-corrected chi connectivity index (χ1v) is 7.90. The molecule has 1 saturated carbocycles. The molecule has 6 nitrogen and oxygen atoms in total. The zero-order valence-corrected chi connectivity index (χ0v) is 12.9. The van der Waals surface area contributed by atoms with E-state index in [4.69, 9.17) is 0 Å². The normalized spacial score (nSPS) is 14.2. The quantitative estimate of drug-likeness (QED) is 0.850. The Balaban J connectivity index is 1.61. The van der Waals surface area contributed by atoms with Gasteiger partial charge in [-0.3, -0.25) is 4.79 Å². The van der Waals surface area contributed by atoms with Crippen molar-refractivity contribution >= 4 is 17.7 Å². The summed E-state index contributed by atoms with van der Waals surface area (Å²) in [5.41, 5.74) is 1.97. The lowest BCUT2D eigenvalue weighted by molar-refractivity contribution is -0.118. The molecule has 0 aromatic carbocycles. The van der Waals surface area contributed by atoms with Crippen LogP contribution in [0.1, 0.15) is 24.2 Å². The first kappa shape index (κ1) is 14.1. The fourth-order valence-corrected chi connectivity index (χ4v) is 2.63. The van der Waals surface area contributed by atoms with Crippen LogP contribution in [0.2, 0.25) is 0 Å². The summed E-state index contributed by atoms with van der Waals surface area (Å²) >= 11 is 1.40. The van der Waals surface area contributed by atoms with Gasteiger partial charge in [-0.25, -0.2) is 4.68 Å². The molecule has 0 bridgehead atoms. The van der Waals surface area contributed by atoms with E-state index < -0.39 is 0 Å². The van der Waals surface area contributed by atoms with Crippen molar-refractivity contribution in [3.8, 4) is 5.82 Å². The van der Waals surface area contributed by atoms with Crippen LogP contribution in [0.5, 0.6) is 0 Å². The third-order valence-corrected chi connectivity index (χ3v) is 4.07. The molecule has 2 aromatic heterocycles. The minimum absolute atomic E-state index is 0.0620. The first-order valence-electron chi connectivity index (χ1n) is 6.91. The van der Waals surface area contributed by atoms with Gasteiger partial charge in [-0.2, -0.15) is 5.10 Å². The van der Waals surface area contributed by atoms with E-state index in [1.54, 1.807) is 4.68 Å². The zero-order chi connectivity index (χ0) is 14.8. The molecule has 0 atom stereocenters. The van der Waals surface area contributed by atoms with E-state index in [0.717, 1.165) is 29.3 Å². The van der Waals surface area contributed by atoms with Gasteiger partial charge >= 0.3 is 0 Å². The third kappa shape index (κ3) is 3.60. The maximum absolute atomic E-state index is 11.6. The second-order valence-electron chi connectivity index (χ2n) is 5.20. The van der Waals surface area contributed by atoms with E-state index in [0.29, 0.717) is 17.6 Å². The standard InChI is InChI=1S/C14H17N5OS/c1-9-7-10(2)19(18-9)12-5-6-14(17-16-12)21-8-13(20)15-11-3-4-11/h5-7,11H,3-4,8H2,1-2H3,(H,15,20). The van der Waals surface area contributed by atoms with Gasteiger partial charge in [0.2, 0.25) is 5.91 Å². The van der Waals surface area contributed by atoms with Crippen molar-refractivity contribution in [2.24, 2.45) is 0 Å². The molecule has 2 heterocycles. The summed E-state index contributed by atoms with van der Waals surface area (Å²) in [6.07, 6.45) is 2.21. The van der Waals surface area contributed by atoms with E-state index in [2.05, 4.69) is 20.6 Å². The number of nitrogens with one attached hydrogen (secondary N) is 1. The highest BCUT2D eigenvalue weighted by Crippen LogP contribution is 2.20. The Kier molecular flexibility index (Phi) is 3.92. The average molecular weight is 303 g/mol. The molecular formula is C14H17N5OS. The summed E-state index contributed by atoms with van der Waals surface area (Å²) in [4.78, 5) is 11.6. The van der Waals surface area contributed by atoms with Crippen molar-refractivity contribution in [3.63, 3.8) is 0 Å². The second-order valence-corrected chi connectivity index (χ2v) is 6.19. The minimum atomic E-state index is 0.0620. The van der Waals surface area contributed by atoms with Crippen molar-refractivity contribution < 1.29 is 4.79 Å². The van der Waals surface area contributed by atoms with Gasteiger partial charge in [0.25, 0.3) is 0 Å². The molecule has 21 heavy (non-hydrogen) atoms. The van der Waals surface area contributed by atoms with Crippen molar-refractivity contribution in [2.75, 3.05) is 5.75 Å². The fourth-order valence-electron chi connectivity index (χ4n) is 2.00. The number of hydrogen-bond acceptors (Lipinski definition) is 5. The molecule has 0 radical (unpaired) electrons. The lowest BCUT2D eigenvalue weighted by Crippen LogP contribution is -2.27. The lowest BCUT2D eigenvalue weighted by Gasteiger charge is -2.04. The predicted molar refractivity (Wildman–Crippen MR) is 80.5 cm³/mol. The van der Waals surface area contributed by atoms with Gasteiger partial charge in [-0.15, -0.1) is 10.2 Å². The molecule has 7 heteroatoms. The molecular weight excluding hydrogens is 286 g/mol. The number of hydrogen-bond donors (Lipinski definition) is 1. The Labute approximate surface area is 127 Å². The summed E-state index contributed by atoms with van der Waals surface area (Å²) in [5, 5.41) is 16.4. The first-order chi connectivity index (χ1) is 10.1. The van der Waals surface area contributed by atoms with Crippen molar-refractivity contribution in [1.82, 2.24) is 25.3 Å². The molecule has 1 fully saturated rings. The molecule has 1 amide bonds. The van der Waals surface area contributed by atoms with E-state index in [1.807, 2.05) is 32.0 Å². The van der Waals surface area contributed by atoms with Gasteiger partial charge in [0.15, 0.2) is 5.82 Å². The maximum atomic E-state index is 11.6. The average Bonchev–Trinajstić information content (AvgIpc) is 3.20. The number of thioether (sulfide) groups is 1. The summed E-state index contributed by atoms with van der Waals surface area (Å²) in [5.74, 6) is 1.13. The molecule has 1 aliphatic carbocycles. The largest absolute Gasteiger partial charge is 0.353 e. The van der Waals surface area contributed by atoms with E-state index in [9.17, 15) is 4.79 Å². The molecule has 110 valence electrons. The van der Waals surface area contributed by atoms with Gasteiger partial charge in [0.05, 0.1) is 11.4 Å².